The zero-order valence-electron chi connectivity index (χ0n) is 34.9. The number of nitrogens with zero attached hydrogens (tertiary/aromatic N) is 1. The molecule has 0 radical (unpaired) electrons. The van der Waals surface area contributed by atoms with Gasteiger partial charge in [-0.15, -0.1) is 0 Å². The molecule has 0 aliphatic rings. The largest absolute Gasteiger partial charge is 0.756 e. The van der Waals surface area contributed by atoms with Gasteiger partial charge in [0.25, 0.3) is 7.82 Å². The molecule has 0 rings (SSSR count). The molecule has 0 bridgehead atoms. The van der Waals surface area contributed by atoms with Crippen LogP contribution in [0.15, 0.2) is 48.6 Å². The number of phosphoric ester groups is 1. The summed E-state index contributed by atoms with van der Waals surface area (Å²) in [6.07, 6.45) is 34.2. The van der Waals surface area contributed by atoms with Crippen LogP contribution in [-0.2, 0) is 18.4 Å². The third-order valence-corrected chi connectivity index (χ3v) is 10.2. The number of carbonyl (C=O) groups is 1. The minimum atomic E-state index is -4.64. The lowest BCUT2D eigenvalue weighted by atomic mass is 10.0. The average molecular weight is 785 g/mol. The molecule has 1 unspecified atom stereocenters. The molecular formula is C43H81N2O8P. The lowest BCUT2D eigenvalue weighted by Crippen LogP contribution is -2.46. The Morgan fingerprint density at radius 1 is 0.667 bits per heavy atom. The van der Waals surface area contributed by atoms with E-state index in [0.717, 1.165) is 51.4 Å². The first-order valence-electron chi connectivity index (χ1n) is 21.1. The van der Waals surface area contributed by atoms with Gasteiger partial charge in [-0.3, -0.25) is 9.36 Å². The topological polar surface area (TPSA) is 148 Å². The number of unbranched alkanes of at least 4 members (excludes halogenated alkanes) is 12. The minimum absolute atomic E-state index is 0.0424. The molecule has 10 nitrogen and oxygen atoms in total. The van der Waals surface area contributed by atoms with Gasteiger partial charge in [0, 0.05) is 6.42 Å². The zero-order valence-corrected chi connectivity index (χ0v) is 35.8. The van der Waals surface area contributed by atoms with E-state index in [1.54, 1.807) is 0 Å². The molecular weight excluding hydrogens is 703 g/mol. The first-order valence-corrected chi connectivity index (χ1v) is 22.6. The Balaban J connectivity index is 4.69. The van der Waals surface area contributed by atoms with Crippen LogP contribution < -0.4 is 10.2 Å². The first-order chi connectivity index (χ1) is 25.8. The molecule has 0 saturated heterocycles. The van der Waals surface area contributed by atoms with E-state index in [1.165, 1.54) is 57.8 Å². The molecule has 0 spiro atoms. The van der Waals surface area contributed by atoms with Crippen molar-refractivity contribution in [3.8, 4) is 0 Å². The summed E-state index contributed by atoms with van der Waals surface area (Å²) in [6.45, 7) is 4.34. The second-order valence-corrected chi connectivity index (χ2v) is 17.0. The van der Waals surface area contributed by atoms with Gasteiger partial charge >= 0.3 is 0 Å². The maximum absolute atomic E-state index is 12.9. The summed E-state index contributed by atoms with van der Waals surface area (Å²) in [5.41, 5.74) is 0. The van der Waals surface area contributed by atoms with Crippen LogP contribution in [0.2, 0.25) is 0 Å². The Morgan fingerprint density at radius 3 is 1.67 bits per heavy atom. The van der Waals surface area contributed by atoms with Crippen LogP contribution >= 0.6 is 7.82 Å². The number of rotatable bonds is 37. The number of phosphoric acid groups is 1. The molecule has 316 valence electrons. The molecule has 0 aromatic heterocycles. The molecule has 0 saturated carbocycles. The Hall–Kier alpha value is -1.62. The van der Waals surface area contributed by atoms with Crippen LogP contribution in [0.25, 0.3) is 0 Å². The van der Waals surface area contributed by atoms with Crippen LogP contribution in [-0.4, -0.2) is 91.0 Å². The van der Waals surface area contributed by atoms with Gasteiger partial charge in [-0.2, -0.15) is 0 Å². The van der Waals surface area contributed by atoms with E-state index < -0.39 is 38.8 Å². The zero-order chi connectivity index (χ0) is 40.3. The van der Waals surface area contributed by atoms with E-state index in [4.69, 9.17) is 9.05 Å². The molecule has 0 aromatic carbocycles. The Morgan fingerprint density at radius 2 is 1.15 bits per heavy atom. The van der Waals surface area contributed by atoms with Crippen LogP contribution in [0.1, 0.15) is 155 Å². The van der Waals surface area contributed by atoms with Crippen molar-refractivity contribution in [2.75, 3.05) is 40.9 Å². The molecule has 5 atom stereocenters. The van der Waals surface area contributed by atoms with E-state index in [-0.39, 0.29) is 25.4 Å². The number of nitrogens with one attached hydrogen (secondary N) is 1. The number of aliphatic hydroxyl groups is 3. The van der Waals surface area contributed by atoms with Crippen molar-refractivity contribution in [2.24, 2.45) is 0 Å². The fourth-order valence-corrected chi connectivity index (χ4v) is 6.50. The summed E-state index contributed by atoms with van der Waals surface area (Å²) in [7, 11) is 1.12. The number of allylic oxidation sites excluding steroid dienone is 7. The quantitative estimate of drug-likeness (QED) is 0.0212. The lowest BCUT2D eigenvalue weighted by Gasteiger charge is -2.30. The predicted molar refractivity (Wildman–Crippen MR) is 222 cm³/mol. The van der Waals surface area contributed by atoms with Crippen LogP contribution in [0.5, 0.6) is 0 Å². The average Bonchev–Trinajstić information content (AvgIpc) is 3.11. The molecule has 0 aliphatic heterocycles. The number of hydrogen-bond acceptors (Lipinski definition) is 8. The summed E-state index contributed by atoms with van der Waals surface area (Å²) in [6, 6.07) is -0.937. The van der Waals surface area contributed by atoms with Crippen molar-refractivity contribution in [1.82, 2.24) is 5.32 Å². The number of amides is 1. The number of quaternary nitrogens is 1. The Kier molecular flexibility index (Phi) is 33.6. The molecule has 54 heavy (non-hydrogen) atoms. The fourth-order valence-electron chi connectivity index (χ4n) is 5.77. The Labute approximate surface area is 330 Å². The standard InChI is InChI=1S/C43H81N2O8P/c1-6-8-10-12-14-16-18-20-22-23-25-27-29-32-40(46)39(38-53-54(50,51)52-37-36-45(3,4)5)44-43(49)35-31-34-42(48)41(47)33-30-28-26-24-21-19-17-15-13-11-9-7-2/h9,11,15,17,21,24,28,30,39-42,46-48H,6-8,10,12-14,16,18-20,22-23,25-27,29,31-38H2,1-5H3,(H-,44,49,50,51)/b11-9-,17-15-,24-21-,30-28-/t39-,40+,41+,42+/m0/s1. The molecule has 0 heterocycles. The third-order valence-electron chi connectivity index (χ3n) is 9.28. The van der Waals surface area contributed by atoms with E-state index in [0.29, 0.717) is 30.3 Å². The number of aliphatic hydroxyl groups excluding tert-OH is 3. The SMILES string of the molecule is CC/C=C\C/C=C\C/C=C\C/C=C\C[C@@H](O)[C@H](O)CCCC(=O)N[C@@H](COP(=O)([O-])OCC[N+](C)(C)C)[C@H](O)CCCCCCCCCCCCCCC. The van der Waals surface area contributed by atoms with Crippen molar-refractivity contribution >= 4 is 13.7 Å². The monoisotopic (exact) mass is 785 g/mol. The number of hydrogen-bond donors (Lipinski definition) is 4. The minimum Gasteiger partial charge on any atom is -0.756 e. The molecule has 0 aromatic rings. The summed E-state index contributed by atoms with van der Waals surface area (Å²) in [5, 5.41) is 34.6. The van der Waals surface area contributed by atoms with Crippen molar-refractivity contribution in [3.63, 3.8) is 0 Å². The molecule has 1 amide bonds. The van der Waals surface area contributed by atoms with E-state index in [2.05, 4.69) is 55.6 Å². The van der Waals surface area contributed by atoms with E-state index >= 15 is 0 Å². The van der Waals surface area contributed by atoms with E-state index in [9.17, 15) is 29.6 Å². The van der Waals surface area contributed by atoms with Gasteiger partial charge in [0.15, 0.2) is 0 Å². The molecule has 0 aliphatic carbocycles. The molecule has 0 fully saturated rings. The molecule has 4 N–H and O–H groups in total. The van der Waals surface area contributed by atoms with E-state index in [1.807, 2.05) is 33.3 Å². The number of carbonyl (C=O) groups excluding carboxylic acids is 1. The molecule has 11 heteroatoms. The summed E-state index contributed by atoms with van der Waals surface area (Å²) in [5.74, 6) is -0.389. The van der Waals surface area contributed by atoms with Crippen LogP contribution in [0.3, 0.4) is 0 Å². The highest BCUT2D eigenvalue weighted by molar-refractivity contribution is 7.45. The summed E-state index contributed by atoms with van der Waals surface area (Å²) >= 11 is 0. The smallest absolute Gasteiger partial charge is 0.268 e. The van der Waals surface area contributed by atoms with Gasteiger partial charge in [0.05, 0.1) is 52.1 Å². The van der Waals surface area contributed by atoms with Crippen molar-refractivity contribution in [3.05, 3.63) is 48.6 Å². The van der Waals surface area contributed by atoms with Crippen molar-refractivity contribution in [1.29, 1.82) is 0 Å². The fraction of sp³-hybridized carbons (Fsp3) is 0.791. The second kappa shape index (κ2) is 34.6. The van der Waals surface area contributed by atoms with Crippen LogP contribution in [0, 0.1) is 0 Å². The second-order valence-electron chi connectivity index (χ2n) is 15.6. The first kappa shape index (κ1) is 52.4. The normalized spacial score (nSPS) is 16.1. The highest BCUT2D eigenvalue weighted by Crippen LogP contribution is 2.38. The third kappa shape index (κ3) is 34.8. The van der Waals surface area contributed by atoms with Gasteiger partial charge in [-0.1, -0.05) is 146 Å². The maximum Gasteiger partial charge on any atom is 0.268 e. The van der Waals surface area contributed by atoms with Crippen molar-refractivity contribution < 1.29 is 43.1 Å². The van der Waals surface area contributed by atoms with Crippen molar-refractivity contribution in [2.45, 2.75) is 179 Å². The van der Waals surface area contributed by atoms with Gasteiger partial charge in [0.1, 0.15) is 13.2 Å². The van der Waals surface area contributed by atoms with Gasteiger partial charge < -0.3 is 39.1 Å². The van der Waals surface area contributed by atoms with Gasteiger partial charge in [-0.05, 0) is 51.4 Å². The van der Waals surface area contributed by atoms with Crippen LogP contribution in [0.4, 0.5) is 0 Å². The summed E-state index contributed by atoms with van der Waals surface area (Å²) < 4.78 is 23.1. The maximum atomic E-state index is 12.9. The number of likely N-dealkylation sites (N-methyl/N-ethyl adjacent to an activating group) is 1. The summed E-state index contributed by atoms with van der Waals surface area (Å²) in [4.78, 5) is 25.3. The van der Waals surface area contributed by atoms with Gasteiger partial charge in [-0.25, -0.2) is 0 Å². The highest BCUT2D eigenvalue weighted by Gasteiger charge is 2.25. The lowest BCUT2D eigenvalue weighted by molar-refractivity contribution is -0.870. The predicted octanol–water partition coefficient (Wildman–Crippen LogP) is 8.61. The highest BCUT2D eigenvalue weighted by atomic mass is 31.2. The van der Waals surface area contributed by atoms with Gasteiger partial charge in [0.2, 0.25) is 5.91 Å². The Bertz CT molecular complexity index is 1060.